The van der Waals surface area contributed by atoms with E-state index in [1.165, 1.54) is 80.0 Å². The molecule has 1 saturated carbocycles. The van der Waals surface area contributed by atoms with Gasteiger partial charge in [-0.1, -0.05) is 124 Å². The molecule has 0 radical (unpaired) electrons. The quantitative estimate of drug-likeness (QED) is 0.344. The van der Waals surface area contributed by atoms with Crippen LogP contribution in [0.3, 0.4) is 0 Å². The fourth-order valence-corrected chi connectivity index (χ4v) is 6.35. The molecule has 2 aromatic rings. The van der Waals surface area contributed by atoms with Gasteiger partial charge in [0.1, 0.15) is 24.7 Å². The van der Waals surface area contributed by atoms with Crippen LogP contribution in [-0.4, -0.2) is 36.6 Å². The molecule has 0 atom stereocenters. The number of hydrogen-bond acceptors (Lipinski definition) is 4. The third kappa shape index (κ3) is 8.49. The minimum atomic E-state index is -0.107. The number of aliphatic hydroxyl groups excluding tert-OH is 2. The Labute approximate surface area is 244 Å². The van der Waals surface area contributed by atoms with Crippen molar-refractivity contribution in [3.63, 3.8) is 0 Å². The number of benzene rings is 2. The summed E-state index contributed by atoms with van der Waals surface area (Å²) in [6.45, 7) is 14.1. The lowest BCUT2D eigenvalue weighted by Gasteiger charge is -2.38. The fraction of sp³-hybridized carbons (Fsp3) is 0.667. The second kappa shape index (κ2) is 14.7. The Morgan fingerprint density at radius 1 is 0.575 bits per heavy atom. The topological polar surface area (TPSA) is 58.9 Å². The molecular weight excluding hydrogens is 496 g/mol. The molecule has 1 fully saturated rings. The van der Waals surface area contributed by atoms with Crippen LogP contribution in [0.2, 0.25) is 0 Å². The van der Waals surface area contributed by atoms with Crippen molar-refractivity contribution in [1.82, 2.24) is 0 Å². The van der Waals surface area contributed by atoms with Gasteiger partial charge in [-0.2, -0.15) is 0 Å². The van der Waals surface area contributed by atoms with E-state index in [1.54, 1.807) is 0 Å². The molecule has 1 aliphatic rings. The lowest BCUT2D eigenvalue weighted by molar-refractivity contribution is 0.198. The predicted molar refractivity (Wildman–Crippen MR) is 167 cm³/mol. The highest BCUT2D eigenvalue weighted by Gasteiger charge is 2.36. The fourth-order valence-electron chi connectivity index (χ4n) is 6.35. The summed E-state index contributed by atoms with van der Waals surface area (Å²) in [6.07, 6.45) is 13.9. The highest BCUT2D eigenvalue weighted by atomic mass is 16.5. The normalized spacial score (nSPS) is 17.5. The van der Waals surface area contributed by atoms with Crippen LogP contribution < -0.4 is 9.47 Å². The van der Waals surface area contributed by atoms with Gasteiger partial charge in [-0.3, -0.25) is 0 Å². The Bertz CT molecular complexity index is 960. The molecule has 0 aliphatic heterocycles. The minimum absolute atomic E-state index is 0.00948. The minimum Gasteiger partial charge on any atom is -0.491 e. The maximum Gasteiger partial charge on any atom is 0.123 e. The standard InChI is InChI=1S/C36H56O4/c1-34(2,3)30-26-28(16-18-32(30)39-24-22-37)36(20-14-12-10-8-7-9-11-13-15-21-36)29-17-19-33(40-25-23-38)31(27-29)35(4,5)6/h16-19,26-27,37-38H,7-15,20-25H2,1-6H3. The first-order valence-electron chi connectivity index (χ1n) is 15.8. The molecule has 0 unspecified atom stereocenters. The van der Waals surface area contributed by atoms with E-state index in [0.29, 0.717) is 13.2 Å². The van der Waals surface area contributed by atoms with Crippen molar-refractivity contribution < 1.29 is 19.7 Å². The highest BCUT2D eigenvalue weighted by Crippen LogP contribution is 2.47. The number of rotatable bonds is 8. The molecule has 2 aromatic carbocycles. The van der Waals surface area contributed by atoms with Crippen LogP contribution in [-0.2, 0) is 16.2 Å². The molecule has 224 valence electrons. The summed E-state index contributed by atoms with van der Waals surface area (Å²) in [5.74, 6) is 1.74. The molecule has 0 bridgehead atoms. The Hall–Kier alpha value is -2.04. The van der Waals surface area contributed by atoms with Gasteiger partial charge in [-0.05, 0) is 58.1 Å². The third-order valence-electron chi connectivity index (χ3n) is 8.59. The molecule has 0 heterocycles. The van der Waals surface area contributed by atoms with E-state index in [2.05, 4.69) is 77.9 Å². The van der Waals surface area contributed by atoms with Gasteiger partial charge in [-0.25, -0.2) is 0 Å². The molecule has 1 aliphatic carbocycles. The molecule has 2 N–H and O–H groups in total. The van der Waals surface area contributed by atoms with Crippen LogP contribution in [0.15, 0.2) is 36.4 Å². The second-order valence-corrected chi connectivity index (χ2v) is 13.8. The number of aliphatic hydroxyl groups is 2. The maximum atomic E-state index is 9.44. The summed E-state index contributed by atoms with van der Waals surface area (Å²) in [5, 5.41) is 18.9. The highest BCUT2D eigenvalue weighted by molar-refractivity contribution is 5.51. The van der Waals surface area contributed by atoms with Gasteiger partial charge in [0.2, 0.25) is 0 Å². The Morgan fingerprint density at radius 2 is 0.925 bits per heavy atom. The van der Waals surface area contributed by atoms with E-state index in [-0.39, 0.29) is 29.5 Å². The van der Waals surface area contributed by atoms with Crippen molar-refractivity contribution in [2.45, 2.75) is 128 Å². The van der Waals surface area contributed by atoms with E-state index < -0.39 is 0 Å². The summed E-state index contributed by atoms with van der Waals surface area (Å²) in [5.41, 5.74) is 4.84. The van der Waals surface area contributed by atoms with Gasteiger partial charge >= 0.3 is 0 Å². The summed E-state index contributed by atoms with van der Waals surface area (Å²) < 4.78 is 12.1. The molecule has 40 heavy (non-hydrogen) atoms. The summed E-state index contributed by atoms with van der Waals surface area (Å²) in [7, 11) is 0. The van der Waals surface area contributed by atoms with Crippen LogP contribution in [0.1, 0.15) is 134 Å². The van der Waals surface area contributed by atoms with Crippen LogP contribution in [0.5, 0.6) is 11.5 Å². The number of ether oxygens (including phenoxy) is 2. The summed E-state index contributed by atoms with van der Waals surface area (Å²) in [6, 6.07) is 13.7. The average Bonchev–Trinajstić information content (AvgIpc) is 2.90. The summed E-state index contributed by atoms with van der Waals surface area (Å²) >= 11 is 0. The zero-order valence-corrected chi connectivity index (χ0v) is 26.3. The Balaban J connectivity index is 2.23. The van der Waals surface area contributed by atoms with Gasteiger partial charge in [-0.15, -0.1) is 0 Å². The third-order valence-corrected chi connectivity index (χ3v) is 8.59. The van der Waals surface area contributed by atoms with Crippen molar-refractivity contribution in [1.29, 1.82) is 0 Å². The molecule has 0 amide bonds. The van der Waals surface area contributed by atoms with Gasteiger partial charge < -0.3 is 19.7 Å². The van der Waals surface area contributed by atoms with Gasteiger partial charge in [0, 0.05) is 5.41 Å². The van der Waals surface area contributed by atoms with Crippen molar-refractivity contribution >= 4 is 0 Å². The molecule has 0 saturated heterocycles. The van der Waals surface area contributed by atoms with Crippen LogP contribution in [0.4, 0.5) is 0 Å². The molecule has 4 heteroatoms. The van der Waals surface area contributed by atoms with Gasteiger partial charge in [0.25, 0.3) is 0 Å². The predicted octanol–water partition coefficient (Wildman–Crippen LogP) is 8.61. The SMILES string of the molecule is CC(C)(C)c1cc(C2(c3ccc(OCCO)c(C(C)(C)C)c3)CCCCCCCCCCC2)ccc1OCCO. The van der Waals surface area contributed by atoms with E-state index in [4.69, 9.17) is 9.47 Å². The van der Waals surface area contributed by atoms with E-state index in [1.807, 2.05) is 0 Å². The maximum absolute atomic E-state index is 9.44. The molecule has 0 aromatic heterocycles. The van der Waals surface area contributed by atoms with E-state index in [0.717, 1.165) is 24.3 Å². The Kier molecular flexibility index (Phi) is 12.0. The first-order chi connectivity index (χ1) is 19.0. The second-order valence-electron chi connectivity index (χ2n) is 13.8. The van der Waals surface area contributed by atoms with Gasteiger partial charge in [0.15, 0.2) is 0 Å². The first-order valence-corrected chi connectivity index (χ1v) is 15.8. The number of hydrogen-bond donors (Lipinski definition) is 2. The van der Waals surface area contributed by atoms with Crippen molar-refractivity contribution in [3.8, 4) is 11.5 Å². The lowest BCUT2D eigenvalue weighted by atomic mass is 9.66. The van der Waals surface area contributed by atoms with Crippen molar-refractivity contribution in [2.75, 3.05) is 26.4 Å². The van der Waals surface area contributed by atoms with Crippen molar-refractivity contribution in [3.05, 3.63) is 58.7 Å². The zero-order valence-electron chi connectivity index (χ0n) is 26.3. The van der Waals surface area contributed by atoms with Crippen LogP contribution in [0.25, 0.3) is 0 Å². The van der Waals surface area contributed by atoms with Crippen molar-refractivity contribution in [2.24, 2.45) is 0 Å². The van der Waals surface area contributed by atoms with E-state index >= 15 is 0 Å². The van der Waals surface area contributed by atoms with E-state index in [9.17, 15) is 10.2 Å². The van der Waals surface area contributed by atoms with Crippen LogP contribution in [0, 0.1) is 0 Å². The van der Waals surface area contributed by atoms with Crippen LogP contribution >= 0.6 is 0 Å². The molecule has 4 nitrogen and oxygen atoms in total. The lowest BCUT2D eigenvalue weighted by Crippen LogP contribution is -2.30. The molecule has 3 rings (SSSR count). The largest absolute Gasteiger partial charge is 0.491 e. The Morgan fingerprint density at radius 3 is 1.25 bits per heavy atom. The average molecular weight is 553 g/mol. The monoisotopic (exact) mass is 552 g/mol. The van der Waals surface area contributed by atoms with Gasteiger partial charge in [0.05, 0.1) is 13.2 Å². The first kappa shape index (κ1) is 32.5. The zero-order chi connectivity index (χ0) is 29.2. The molecular formula is C36H56O4. The smallest absolute Gasteiger partial charge is 0.123 e. The molecule has 0 spiro atoms. The summed E-state index contributed by atoms with van der Waals surface area (Å²) in [4.78, 5) is 0.